The maximum absolute atomic E-state index is 6.10. The van der Waals surface area contributed by atoms with Gasteiger partial charge in [-0.15, -0.1) is 0 Å². The molecule has 20 heavy (non-hydrogen) atoms. The summed E-state index contributed by atoms with van der Waals surface area (Å²) in [4.78, 5) is 0. The number of thiocarbonyl (C=S) groups is 1. The van der Waals surface area contributed by atoms with Crippen LogP contribution in [0.1, 0.15) is 45.1 Å². The average molecular weight is 313 g/mol. The van der Waals surface area contributed by atoms with Crippen molar-refractivity contribution in [2.75, 3.05) is 11.9 Å². The summed E-state index contributed by atoms with van der Waals surface area (Å²) in [5.41, 5.74) is 1.99. The van der Waals surface area contributed by atoms with Crippen LogP contribution in [0.4, 0.5) is 5.69 Å². The van der Waals surface area contributed by atoms with Crippen LogP contribution in [-0.2, 0) is 0 Å². The van der Waals surface area contributed by atoms with Crippen LogP contribution >= 0.6 is 23.8 Å². The summed E-state index contributed by atoms with van der Waals surface area (Å²) in [7, 11) is 0. The van der Waals surface area contributed by atoms with Crippen molar-refractivity contribution in [3.05, 3.63) is 28.8 Å². The molecule has 1 rings (SSSR count). The number of halogens is 1. The molecule has 0 heterocycles. The molecule has 0 aromatic heterocycles. The molecule has 0 saturated heterocycles. The van der Waals surface area contributed by atoms with Crippen LogP contribution in [0, 0.1) is 12.8 Å². The molecule has 0 aliphatic heterocycles. The van der Waals surface area contributed by atoms with Crippen LogP contribution in [0.15, 0.2) is 18.2 Å². The molecule has 1 aromatic carbocycles. The molecule has 1 aromatic rings. The number of benzene rings is 1. The second-order valence-corrected chi connectivity index (χ2v) is 5.98. The Morgan fingerprint density at radius 1 is 1.35 bits per heavy atom. The Balaban J connectivity index is 2.45. The smallest absolute Gasteiger partial charge is 0.170 e. The zero-order chi connectivity index (χ0) is 15.0. The van der Waals surface area contributed by atoms with Crippen LogP contribution in [0.25, 0.3) is 0 Å². The standard InChI is InChI=1S/C16H25ClN2S/c1-4-6-8-13(5-2)11-18-16(20)19-15-10-7-9-14(17)12(15)3/h7,9-10,13H,4-6,8,11H2,1-3H3,(H2,18,19,20). The summed E-state index contributed by atoms with van der Waals surface area (Å²) >= 11 is 11.5. The van der Waals surface area contributed by atoms with Crippen molar-refractivity contribution in [3.8, 4) is 0 Å². The number of rotatable bonds is 7. The van der Waals surface area contributed by atoms with Crippen LogP contribution in [0.5, 0.6) is 0 Å². The van der Waals surface area contributed by atoms with Gasteiger partial charge >= 0.3 is 0 Å². The fourth-order valence-electron chi connectivity index (χ4n) is 2.09. The van der Waals surface area contributed by atoms with E-state index in [1.807, 2.05) is 25.1 Å². The first kappa shape index (κ1) is 17.3. The first-order valence-electron chi connectivity index (χ1n) is 7.38. The fraction of sp³-hybridized carbons (Fsp3) is 0.562. The number of anilines is 1. The van der Waals surface area contributed by atoms with Crippen molar-refractivity contribution in [1.82, 2.24) is 5.32 Å². The van der Waals surface area contributed by atoms with Crippen LogP contribution in [0.2, 0.25) is 5.02 Å². The summed E-state index contributed by atoms with van der Waals surface area (Å²) < 4.78 is 0. The van der Waals surface area contributed by atoms with Crippen molar-refractivity contribution in [3.63, 3.8) is 0 Å². The van der Waals surface area contributed by atoms with Crippen LogP contribution < -0.4 is 10.6 Å². The Kier molecular flexibility index (Phi) is 7.93. The molecule has 4 heteroatoms. The van der Waals surface area contributed by atoms with Crippen molar-refractivity contribution >= 4 is 34.6 Å². The summed E-state index contributed by atoms with van der Waals surface area (Å²) in [6.45, 7) is 7.39. The summed E-state index contributed by atoms with van der Waals surface area (Å²) in [5.74, 6) is 0.690. The number of unbranched alkanes of at least 4 members (excludes halogenated alkanes) is 1. The van der Waals surface area contributed by atoms with E-state index in [4.69, 9.17) is 23.8 Å². The SMILES string of the molecule is CCCCC(CC)CNC(=S)Nc1cccc(Cl)c1C. The predicted molar refractivity (Wildman–Crippen MR) is 93.7 cm³/mol. The molecule has 2 nitrogen and oxygen atoms in total. The summed E-state index contributed by atoms with van der Waals surface area (Å²) in [6, 6.07) is 5.80. The fourth-order valence-corrected chi connectivity index (χ4v) is 2.46. The molecule has 0 radical (unpaired) electrons. The van der Waals surface area contributed by atoms with Gasteiger partial charge in [0.1, 0.15) is 0 Å². The molecule has 0 bridgehead atoms. The first-order chi connectivity index (χ1) is 9.58. The van der Waals surface area contributed by atoms with Gasteiger partial charge in [0.2, 0.25) is 0 Å². The molecule has 0 fully saturated rings. The topological polar surface area (TPSA) is 24.1 Å². The van der Waals surface area contributed by atoms with E-state index < -0.39 is 0 Å². The Morgan fingerprint density at radius 3 is 2.75 bits per heavy atom. The minimum Gasteiger partial charge on any atom is -0.362 e. The van der Waals surface area contributed by atoms with E-state index in [1.54, 1.807) is 0 Å². The highest BCUT2D eigenvalue weighted by Gasteiger charge is 2.08. The van der Waals surface area contributed by atoms with Crippen LogP contribution in [0.3, 0.4) is 0 Å². The molecule has 1 unspecified atom stereocenters. The lowest BCUT2D eigenvalue weighted by Gasteiger charge is -2.18. The van der Waals surface area contributed by atoms with Gasteiger partial charge in [-0.1, -0.05) is 50.8 Å². The van der Waals surface area contributed by atoms with Crippen molar-refractivity contribution in [1.29, 1.82) is 0 Å². The van der Waals surface area contributed by atoms with E-state index in [-0.39, 0.29) is 0 Å². The second-order valence-electron chi connectivity index (χ2n) is 5.16. The van der Waals surface area contributed by atoms with Gasteiger partial charge in [0, 0.05) is 17.3 Å². The molecule has 0 aliphatic carbocycles. The predicted octanol–water partition coefficient (Wildman–Crippen LogP) is 5.15. The highest BCUT2D eigenvalue weighted by atomic mass is 35.5. The monoisotopic (exact) mass is 312 g/mol. The van der Waals surface area contributed by atoms with Crippen molar-refractivity contribution < 1.29 is 0 Å². The molecule has 0 saturated carbocycles. The highest BCUT2D eigenvalue weighted by Crippen LogP contribution is 2.22. The van der Waals surface area contributed by atoms with E-state index in [2.05, 4.69) is 24.5 Å². The van der Waals surface area contributed by atoms with Crippen LogP contribution in [-0.4, -0.2) is 11.7 Å². The molecular formula is C16H25ClN2S. The Hall–Kier alpha value is -0.800. The number of hydrogen-bond donors (Lipinski definition) is 2. The van der Waals surface area contributed by atoms with Gasteiger partial charge in [-0.25, -0.2) is 0 Å². The van der Waals surface area contributed by atoms with E-state index in [9.17, 15) is 0 Å². The Labute approximate surface area is 133 Å². The number of hydrogen-bond acceptors (Lipinski definition) is 1. The zero-order valence-electron chi connectivity index (χ0n) is 12.6. The lowest BCUT2D eigenvalue weighted by Crippen LogP contribution is -2.33. The number of nitrogens with one attached hydrogen (secondary N) is 2. The lowest BCUT2D eigenvalue weighted by atomic mass is 9.99. The lowest BCUT2D eigenvalue weighted by molar-refractivity contribution is 0.446. The first-order valence-corrected chi connectivity index (χ1v) is 8.17. The molecule has 0 aliphatic rings. The normalized spacial score (nSPS) is 12.0. The van der Waals surface area contributed by atoms with Gasteiger partial charge in [-0.05, 0) is 49.2 Å². The van der Waals surface area contributed by atoms with E-state index in [0.717, 1.165) is 22.8 Å². The third-order valence-corrected chi connectivity index (χ3v) is 4.27. The molecule has 0 spiro atoms. The largest absolute Gasteiger partial charge is 0.362 e. The van der Waals surface area contributed by atoms with Crippen molar-refractivity contribution in [2.45, 2.75) is 46.5 Å². The minimum atomic E-state index is 0.672. The molecular weight excluding hydrogens is 288 g/mol. The molecule has 0 amide bonds. The zero-order valence-corrected chi connectivity index (χ0v) is 14.2. The van der Waals surface area contributed by atoms with Gasteiger partial charge in [-0.2, -0.15) is 0 Å². The van der Waals surface area contributed by atoms with Gasteiger partial charge in [-0.3, -0.25) is 0 Å². The molecule has 2 N–H and O–H groups in total. The molecule has 112 valence electrons. The van der Waals surface area contributed by atoms with Gasteiger partial charge in [0.15, 0.2) is 5.11 Å². The Morgan fingerprint density at radius 2 is 2.10 bits per heavy atom. The third-order valence-electron chi connectivity index (χ3n) is 3.61. The quantitative estimate of drug-likeness (QED) is 0.681. The van der Waals surface area contributed by atoms with Gasteiger partial charge in [0.05, 0.1) is 0 Å². The Bertz CT molecular complexity index is 434. The van der Waals surface area contributed by atoms with Gasteiger partial charge < -0.3 is 10.6 Å². The summed E-state index contributed by atoms with van der Waals surface area (Å²) in [5, 5.41) is 7.97. The van der Waals surface area contributed by atoms with E-state index in [1.165, 1.54) is 25.7 Å². The minimum absolute atomic E-state index is 0.672. The average Bonchev–Trinajstić information content (AvgIpc) is 2.44. The van der Waals surface area contributed by atoms with E-state index >= 15 is 0 Å². The van der Waals surface area contributed by atoms with Crippen molar-refractivity contribution in [2.24, 2.45) is 5.92 Å². The summed E-state index contributed by atoms with van der Waals surface area (Å²) in [6.07, 6.45) is 4.99. The second kappa shape index (κ2) is 9.19. The highest BCUT2D eigenvalue weighted by molar-refractivity contribution is 7.80. The maximum atomic E-state index is 6.10. The molecule has 1 atom stereocenters. The maximum Gasteiger partial charge on any atom is 0.170 e. The third kappa shape index (κ3) is 5.68. The van der Waals surface area contributed by atoms with Gasteiger partial charge in [0.25, 0.3) is 0 Å². The van der Waals surface area contributed by atoms with E-state index in [0.29, 0.717) is 11.0 Å².